The van der Waals surface area contributed by atoms with Crippen LogP contribution in [-0.2, 0) is 9.59 Å². The summed E-state index contributed by atoms with van der Waals surface area (Å²) in [7, 11) is 0. The molecule has 0 aromatic heterocycles. The largest absolute Gasteiger partial charge is 0.549 e. The van der Waals surface area contributed by atoms with Crippen molar-refractivity contribution in [1.29, 1.82) is 0 Å². The third-order valence-corrected chi connectivity index (χ3v) is 4.86. The van der Waals surface area contributed by atoms with E-state index in [-0.39, 0.29) is 12.8 Å². The Labute approximate surface area is 147 Å². The van der Waals surface area contributed by atoms with Gasteiger partial charge in [0.25, 0.3) is 0 Å². The average Bonchev–Trinajstić information content (AvgIpc) is 2.48. The van der Waals surface area contributed by atoms with Gasteiger partial charge in [0.05, 0.1) is 12.5 Å². The van der Waals surface area contributed by atoms with E-state index in [2.05, 4.69) is 12.7 Å². The normalized spacial score (nSPS) is 15.1. The van der Waals surface area contributed by atoms with E-state index in [1.54, 1.807) is 0 Å². The van der Waals surface area contributed by atoms with E-state index in [4.69, 9.17) is 5.11 Å². The molecule has 0 aromatic rings. The van der Waals surface area contributed by atoms with Gasteiger partial charge in [0.1, 0.15) is 5.41 Å². The van der Waals surface area contributed by atoms with Crippen molar-refractivity contribution in [2.24, 2.45) is 5.41 Å². The summed E-state index contributed by atoms with van der Waals surface area (Å²) in [4.78, 5) is 20.6. The topological polar surface area (TPSA) is 105 Å². The molecule has 0 saturated heterocycles. The minimum atomic E-state index is -1.56. The number of carboxylic acid groups (broad SMARTS) is 2. The van der Waals surface area contributed by atoms with Crippen LogP contribution in [0.4, 0.5) is 0 Å². The van der Waals surface area contributed by atoms with Gasteiger partial charge in [0, 0.05) is 0 Å². The number of carbonyl (C=O) groups is 2. The predicted molar refractivity (Wildman–Crippen MR) is 93.1 cm³/mol. The molecule has 5 nitrogen and oxygen atoms in total. The molecule has 0 aromatic carbocycles. The average molecular weight is 344 g/mol. The molecule has 0 heterocycles. The summed E-state index contributed by atoms with van der Waals surface area (Å²) in [6.07, 6.45) is 16.8. The summed E-state index contributed by atoms with van der Waals surface area (Å²) in [5.74, 6) is -2.72. The molecule has 0 spiro atoms. The van der Waals surface area contributed by atoms with Gasteiger partial charge >= 0.3 is 5.97 Å². The molecule has 0 bridgehead atoms. The Kier molecular flexibility index (Phi) is 13.6. The maximum Gasteiger partial charge on any atom is 0.315 e. The second kappa shape index (κ2) is 14.3. The van der Waals surface area contributed by atoms with Gasteiger partial charge in [-0.2, -0.15) is 0 Å². The number of unbranched alkanes of at least 4 members (excludes halogenated alkanes) is 10. The zero-order chi connectivity index (χ0) is 18.3. The van der Waals surface area contributed by atoms with Gasteiger partial charge in [-0.3, -0.25) is 4.79 Å². The van der Waals surface area contributed by atoms with Crippen molar-refractivity contribution in [2.75, 3.05) is 6.54 Å². The van der Waals surface area contributed by atoms with Crippen molar-refractivity contribution in [3.8, 4) is 0 Å². The molecule has 0 unspecified atom stereocenters. The lowest BCUT2D eigenvalue weighted by Gasteiger charge is -2.38. The molecular weight excluding hydrogens is 306 g/mol. The van der Waals surface area contributed by atoms with Gasteiger partial charge in [-0.25, -0.2) is 0 Å². The van der Waals surface area contributed by atoms with Crippen LogP contribution in [0.3, 0.4) is 0 Å². The third kappa shape index (κ3) is 9.26. The summed E-state index contributed by atoms with van der Waals surface area (Å²) in [6, 6.07) is 0. The molecule has 1 fully saturated rings. The van der Waals surface area contributed by atoms with Crippen molar-refractivity contribution < 1.29 is 25.5 Å². The van der Waals surface area contributed by atoms with Gasteiger partial charge in [-0.15, -0.1) is 0 Å². The van der Waals surface area contributed by atoms with Crippen LogP contribution in [0.15, 0.2) is 0 Å². The fourth-order valence-corrected chi connectivity index (χ4v) is 2.88. The van der Waals surface area contributed by atoms with E-state index in [9.17, 15) is 14.7 Å². The second-order valence-electron chi connectivity index (χ2n) is 6.92. The van der Waals surface area contributed by atoms with Crippen LogP contribution in [0.25, 0.3) is 0 Å². The molecule has 1 aliphatic carbocycles. The summed E-state index contributed by atoms with van der Waals surface area (Å²) < 4.78 is 0. The zero-order valence-corrected chi connectivity index (χ0v) is 15.5. The molecule has 1 aliphatic rings. The van der Waals surface area contributed by atoms with Gasteiger partial charge < -0.3 is 20.7 Å². The fraction of sp³-hybridized carbons (Fsp3) is 0.895. The molecule has 5 heteroatoms. The number of carbonyl (C=O) groups excluding carboxylic acids is 1. The molecule has 0 aliphatic heterocycles. The number of carboxylic acids is 2. The van der Waals surface area contributed by atoms with E-state index in [0.717, 1.165) is 6.54 Å². The Morgan fingerprint density at radius 1 is 0.917 bits per heavy atom. The molecule has 1 rings (SSSR count). The lowest BCUT2D eigenvalue weighted by molar-refractivity contribution is -0.368. The summed E-state index contributed by atoms with van der Waals surface area (Å²) in [6.45, 7) is 3.40. The highest BCUT2D eigenvalue weighted by atomic mass is 16.4. The zero-order valence-electron chi connectivity index (χ0n) is 15.5. The van der Waals surface area contributed by atoms with Crippen LogP contribution in [-0.4, -0.2) is 23.6 Å². The number of hydrogen-bond donors (Lipinski definition) is 2. The first-order valence-corrected chi connectivity index (χ1v) is 9.75. The number of rotatable bonds is 13. The fourth-order valence-electron chi connectivity index (χ4n) is 2.88. The highest BCUT2D eigenvalue weighted by Crippen LogP contribution is 2.40. The van der Waals surface area contributed by atoms with Crippen molar-refractivity contribution in [3.05, 3.63) is 0 Å². The van der Waals surface area contributed by atoms with Crippen LogP contribution in [0, 0.1) is 5.41 Å². The van der Waals surface area contributed by atoms with Crippen LogP contribution < -0.4 is 10.8 Å². The Morgan fingerprint density at radius 2 is 1.33 bits per heavy atom. The quantitative estimate of drug-likeness (QED) is 0.396. The van der Waals surface area contributed by atoms with Crippen molar-refractivity contribution in [3.63, 3.8) is 0 Å². The van der Waals surface area contributed by atoms with Crippen LogP contribution in [0.1, 0.15) is 96.8 Å². The predicted octanol–water partition coefficient (Wildman–Crippen LogP) is 2.53. The van der Waals surface area contributed by atoms with E-state index < -0.39 is 17.4 Å². The Balaban J connectivity index is 0.000000463. The van der Waals surface area contributed by atoms with Crippen LogP contribution in [0.2, 0.25) is 0 Å². The molecule has 4 N–H and O–H groups in total. The minimum Gasteiger partial charge on any atom is -0.549 e. The highest BCUT2D eigenvalue weighted by Gasteiger charge is 2.45. The van der Waals surface area contributed by atoms with Gasteiger partial charge in [-0.1, -0.05) is 71.1 Å². The summed E-state index contributed by atoms with van der Waals surface area (Å²) in [5.41, 5.74) is 2.31. The Bertz CT molecular complexity index is 312. The maximum atomic E-state index is 10.3. The number of hydrogen-bond acceptors (Lipinski definition) is 3. The molecule has 1 saturated carbocycles. The molecule has 24 heavy (non-hydrogen) atoms. The lowest BCUT2D eigenvalue weighted by atomic mass is 9.69. The number of quaternary nitrogens is 1. The molecular formula is C19H37NO4. The van der Waals surface area contributed by atoms with E-state index >= 15 is 0 Å². The summed E-state index contributed by atoms with van der Waals surface area (Å²) >= 11 is 0. The molecule has 0 atom stereocenters. The first kappa shape index (κ1) is 22.9. The van der Waals surface area contributed by atoms with Gasteiger partial charge in [-0.05, 0) is 25.7 Å². The maximum absolute atomic E-state index is 10.3. The van der Waals surface area contributed by atoms with E-state index in [1.807, 2.05) is 0 Å². The third-order valence-electron chi connectivity index (χ3n) is 4.86. The van der Waals surface area contributed by atoms with Gasteiger partial charge in [0.15, 0.2) is 0 Å². The minimum absolute atomic E-state index is 0.213. The van der Waals surface area contributed by atoms with Crippen molar-refractivity contribution in [2.45, 2.75) is 96.8 Å². The lowest BCUT2D eigenvalue weighted by Crippen LogP contribution is -2.52. The number of aliphatic carboxylic acids is 2. The smallest absolute Gasteiger partial charge is 0.315 e. The van der Waals surface area contributed by atoms with E-state index in [0.29, 0.717) is 6.42 Å². The van der Waals surface area contributed by atoms with Crippen molar-refractivity contribution in [1.82, 2.24) is 0 Å². The van der Waals surface area contributed by atoms with Crippen molar-refractivity contribution >= 4 is 11.9 Å². The first-order chi connectivity index (χ1) is 11.5. The van der Waals surface area contributed by atoms with Gasteiger partial charge in [0.2, 0.25) is 0 Å². The molecule has 0 amide bonds. The molecule has 0 radical (unpaired) electrons. The Morgan fingerprint density at radius 3 is 1.54 bits per heavy atom. The Hall–Kier alpha value is -1.10. The highest BCUT2D eigenvalue weighted by molar-refractivity contribution is 5.98. The second-order valence-corrected chi connectivity index (χ2v) is 6.92. The standard InChI is InChI=1S/C13H29N.C6H8O4/c1-2-3-4-5-6-7-8-9-10-11-12-13-14;7-4(8)6(5(9)10)2-1-3-6/h2-14H2,1H3;1-3H2,(H,7,8)(H,9,10). The SMILES string of the molecule is CCCCCCCCCCCCC[NH3+].O=C([O-])C1(C(=O)O)CCC1. The molecule has 142 valence electrons. The van der Waals surface area contributed by atoms with E-state index in [1.165, 1.54) is 70.6 Å². The first-order valence-electron chi connectivity index (χ1n) is 9.75. The van der Waals surface area contributed by atoms with Crippen LogP contribution >= 0.6 is 0 Å². The monoisotopic (exact) mass is 343 g/mol. The summed E-state index contributed by atoms with van der Waals surface area (Å²) in [5, 5.41) is 18.7. The van der Waals surface area contributed by atoms with Crippen LogP contribution in [0.5, 0.6) is 0 Å².